The number of anilines is 1. The summed E-state index contributed by atoms with van der Waals surface area (Å²) in [7, 11) is 0. The van der Waals surface area contributed by atoms with Crippen LogP contribution in [0.1, 0.15) is 11.9 Å². The van der Waals surface area contributed by atoms with Crippen LogP contribution in [0.3, 0.4) is 0 Å². The second-order valence-corrected chi connectivity index (χ2v) is 5.01. The fourth-order valence-corrected chi connectivity index (χ4v) is 2.08. The summed E-state index contributed by atoms with van der Waals surface area (Å²) in [5.41, 5.74) is 7.38. The molecule has 0 radical (unpaired) electrons. The first-order valence-corrected chi connectivity index (χ1v) is 7.05. The van der Waals surface area contributed by atoms with Crippen molar-refractivity contribution < 1.29 is 0 Å². The topological polar surface area (TPSA) is 105 Å². The normalized spacial score (nSPS) is 12.1. The van der Waals surface area contributed by atoms with Gasteiger partial charge >= 0.3 is 0 Å². The molecule has 0 saturated heterocycles. The minimum absolute atomic E-state index is 0.190. The minimum Gasteiger partial charge on any atom is -0.374 e. The van der Waals surface area contributed by atoms with Crippen LogP contribution in [0.5, 0.6) is 0 Å². The number of aromatic amines is 1. The molecule has 3 aromatic rings. The van der Waals surface area contributed by atoms with Crippen LogP contribution in [0, 0.1) is 0 Å². The summed E-state index contributed by atoms with van der Waals surface area (Å²) >= 11 is 5.88. The number of halogens is 1. The number of nitrogens with two attached hydrogens (primary N) is 1. The molecule has 0 fully saturated rings. The van der Waals surface area contributed by atoms with Gasteiger partial charge in [0.25, 0.3) is 0 Å². The lowest BCUT2D eigenvalue weighted by molar-refractivity contribution is 0.730. The number of aromatic nitrogens is 5. The van der Waals surface area contributed by atoms with Crippen LogP contribution in [0.15, 0.2) is 42.9 Å². The highest BCUT2D eigenvalue weighted by atomic mass is 35.5. The molecule has 3 rings (SSSR count). The first-order chi connectivity index (χ1) is 10.8. The van der Waals surface area contributed by atoms with Crippen molar-refractivity contribution in [2.45, 2.75) is 6.04 Å². The summed E-state index contributed by atoms with van der Waals surface area (Å²) in [4.78, 5) is 12.4. The third-order valence-electron chi connectivity index (χ3n) is 3.06. The summed E-state index contributed by atoms with van der Waals surface area (Å²) in [5.74, 6) is 1.15. The lowest BCUT2D eigenvalue weighted by atomic mass is 10.2. The van der Waals surface area contributed by atoms with Crippen molar-refractivity contribution in [3.63, 3.8) is 0 Å². The molecular weight excluding hydrogens is 302 g/mol. The third kappa shape index (κ3) is 3.21. The van der Waals surface area contributed by atoms with Gasteiger partial charge in [0, 0.05) is 23.5 Å². The predicted octanol–water partition coefficient (Wildman–Crippen LogP) is 2.03. The number of benzene rings is 1. The Morgan fingerprint density at radius 2 is 2.05 bits per heavy atom. The van der Waals surface area contributed by atoms with Crippen molar-refractivity contribution >= 4 is 17.3 Å². The lowest BCUT2D eigenvalue weighted by Gasteiger charge is -2.15. The number of nitrogens with zero attached hydrogens (tertiary/aromatic N) is 4. The molecule has 0 aliphatic heterocycles. The molecule has 0 amide bonds. The number of H-pyrrole nitrogens is 1. The van der Waals surface area contributed by atoms with Crippen LogP contribution in [0.25, 0.3) is 11.5 Å². The van der Waals surface area contributed by atoms with Crippen molar-refractivity contribution in [1.29, 1.82) is 0 Å². The second kappa shape index (κ2) is 6.50. The van der Waals surface area contributed by atoms with Gasteiger partial charge in [0.1, 0.15) is 17.8 Å². The number of nitrogens with one attached hydrogen (secondary N) is 2. The average molecular weight is 316 g/mol. The number of rotatable bonds is 5. The fraction of sp³-hybridized carbons (Fsp3) is 0.143. The Morgan fingerprint density at radius 3 is 2.73 bits per heavy atom. The molecule has 0 spiro atoms. The summed E-state index contributed by atoms with van der Waals surface area (Å²) < 4.78 is 0. The van der Waals surface area contributed by atoms with Gasteiger partial charge in [-0.2, -0.15) is 5.10 Å². The van der Waals surface area contributed by atoms with Crippen molar-refractivity contribution in [3.05, 3.63) is 53.7 Å². The zero-order chi connectivity index (χ0) is 15.4. The Hall–Kier alpha value is -2.51. The van der Waals surface area contributed by atoms with Crippen LogP contribution in [-0.2, 0) is 0 Å². The molecule has 1 atom stereocenters. The van der Waals surface area contributed by atoms with Gasteiger partial charge in [0.2, 0.25) is 0 Å². The third-order valence-corrected chi connectivity index (χ3v) is 3.32. The van der Waals surface area contributed by atoms with Gasteiger partial charge in [0.15, 0.2) is 5.82 Å². The van der Waals surface area contributed by atoms with E-state index in [0.717, 1.165) is 5.69 Å². The fourth-order valence-electron chi connectivity index (χ4n) is 1.95. The summed E-state index contributed by atoms with van der Waals surface area (Å²) in [5, 5.41) is 11.0. The molecular formula is C14H14ClN7. The number of hydrogen-bond donors (Lipinski definition) is 3. The van der Waals surface area contributed by atoms with E-state index < -0.39 is 0 Å². The smallest absolute Gasteiger partial charge is 0.199 e. The molecule has 0 saturated carbocycles. The molecule has 0 bridgehead atoms. The van der Waals surface area contributed by atoms with Crippen molar-refractivity contribution in [2.75, 3.05) is 11.9 Å². The van der Waals surface area contributed by atoms with E-state index in [-0.39, 0.29) is 6.04 Å². The molecule has 112 valence electrons. The maximum absolute atomic E-state index is 5.88. The average Bonchev–Trinajstić information content (AvgIpc) is 3.05. The van der Waals surface area contributed by atoms with Crippen molar-refractivity contribution in [1.82, 2.24) is 25.1 Å². The Morgan fingerprint density at radius 1 is 1.23 bits per heavy atom. The van der Waals surface area contributed by atoms with Gasteiger partial charge in [-0.05, 0) is 30.3 Å². The Labute approximate surface area is 132 Å². The van der Waals surface area contributed by atoms with Gasteiger partial charge in [-0.15, -0.1) is 0 Å². The van der Waals surface area contributed by atoms with Gasteiger partial charge < -0.3 is 11.1 Å². The summed E-state index contributed by atoms with van der Waals surface area (Å²) in [6.45, 7) is 0.362. The molecule has 7 nitrogen and oxygen atoms in total. The molecule has 1 unspecified atom stereocenters. The predicted molar refractivity (Wildman–Crippen MR) is 84.3 cm³/mol. The van der Waals surface area contributed by atoms with Gasteiger partial charge in [-0.1, -0.05) is 11.6 Å². The van der Waals surface area contributed by atoms with Crippen LogP contribution < -0.4 is 11.1 Å². The Bertz CT molecular complexity index is 726. The maximum Gasteiger partial charge on any atom is 0.199 e. The molecule has 0 aliphatic carbocycles. The highest BCUT2D eigenvalue weighted by molar-refractivity contribution is 6.30. The molecule has 8 heteroatoms. The molecule has 2 heterocycles. The molecule has 0 aliphatic rings. The van der Waals surface area contributed by atoms with E-state index in [9.17, 15) is 0 Å². The molecule has 2 aromatic heterocycles. The van der Waals surface area contributed by atoms with Crippen LogP contribution in [0.2, 0.25) is 5.02 Å². The zero-order valence-corrected chi connectivity index (χ0v) is 12.3. The Balaban J connectivity index is 1.79. The Kier molecular flexibility index (Phi) is 4.27. The largest absolute Gasteiger partial charge is 0.374 e. The van der Waals surface area contributed by atoms with E-state index in [1.807, 2.05) is 24.3 Å². The molecule has 22 heavy (non-hydrogen) atoms. The summed E-state index contributed by atoms with van der Waals surface area (Å²) in [6, 6.07) is 8.94. The van der Waals surface area contributed by atoms with E-state index in [2.05, 4.69) is 30.5 Å². The van der Waals surface area contributed by atoms with Crippen molar-refractivity contribution in [3.8, 4) is 11.5 Å². The maximum atomic E-state index is 5.88. The van der Waals surface area contributed by atoms with Gasteiger partial charge in [-0.3, -0.25) is 5.10 Å². The molecule has 4 N–H and O–H groups in total. The lowest BCUT2D eigenvalue weighted by Crippen LogP contribution is -2.21. The quantitative estimate of drug-likeness (QED) is 0.665. The minimum atomic E-state index is -0.190. The first-order valence-electron chi connectivity index (χ1n) is 6.67. The van der Waals surface area contributed by atoms with E-state index in [0.29, 0.717) is 28.9 Å². The van der Waals surface area contributed by atoms with Gasteiger partial charge in [0.05, 0.1) is 6.04 Å². The van der Waals surface area contributed by atoms with E-state index >= 15 is 0 Å². The van der Waals surface area contributed by atoms with E-state index in [4.69, 9.17) is 17.3 Å². The SMILES string of the molecule is NCC(Nc1ccc(Cl)cc1)c1nc(-c2ccncn2)n[nH]1. The molecule has 1 aromatic carbocycles. The second-order valence-electron chi connectivity index (χ2n) is 4.58. The monoisotopic (exact) mass is 315 g/mol. The highest BCUT2D eigenvalue weighted by Crippen LogP contribution is 2.20. The zero-order valence-electron chi connectivity index (χ0n) is 11.6. The first kappa shape index (κ1) is 14.4. The van der Waals surface area contributed by atoms with E-state index in [1.165, 1.54) is 6.33 Å². The van der Waals surface area contributed by atoms with Crippen LogP contribution >= 0.6 is 11.6 Å². The van der Waals surface area contributed by atoms with E-state index in [1.54, 1.807) is 12.3 Å². The van der Waals surface area contributed by atoms with Crippen LogP contribution in [0.4, 0.5) is 5.69 Å². The summed E-state index contributed by atoms with van der Waals surface area (Å²) in [6.07, 6.45) is 3.10. The van der Waals surface area contributed by atoms with Crippen molar-refractivity contribution in [2.24, 2.45) is 5.73 Å². The standard InChI is InChI=1S/C14H14ClN7/c15-9-1-3-10(4-2-9)19-12(7-16)14-20-13(21-22-14)11-5-6-17-8-18-11/h1-6,8,12,19H,7,16H2,(H,20,21,22). The number of hydrogen-bond acceptors (Lipinski definition) is 6. The highest BCUT2D eigenvalue weighted by Gasteiger charge is 2.15. The van der Waals surface area contributed by atoms with Gasteiger partial charge in [-0.25, -0.2) is 15.0 Å². The van der Waals surface area contributed by atoms with Crippen LogP contribution in [-0.4, -0.2) is 31.7 Å².